The van der Waals surface area contributed by atoms with Crippen LogP contribution in [0.2, 0.25) is 0 Å². The van der Waals surface area contributed by atoms with Crippen molar-refractivity contribution in [3.8, 4) is 11.3 Å². The average molecular weight is 359 g/mol. The Hall–Kier alpha value is -2.88. The monoisotopic (exact) mass is 359 g/mol. The number of nitrogens with zero attached hydrogens (tertiary/aromatic N) is 2. The second-order valence-corrected chi connectivity index (χ2v) is 7.10. The molecule has 1 N–H and O–H groups in total. The lowest BCUT2D eigenvalue weighted by atomic mass is 9.97. The molecule has 138 valence electrons. The van der Waals surface area contributed by atoms with E-state index >= 15 is 0 Å². The molecule has 0 aliphatic heterocycles. The van der Waals surface area contributed by atoms with E-state index in [2.05, 4.69) is 29.6 Å². The normalized spacial score (nSPS) is 14.1. The van der Waals surface area contributed by atoms with Crippen molar-refractivity contribution >= 4 is 16.8 Å². The van der Waals surface area contributed by atoms with Crippen molar-refractivity contribution in [2.75, 3.05) is 6.54 Å². The number of hydrogen-bond donors (Lipinski definition) is 1. The number of aromatic nitrogens is 2. The third-order valence-electron chi connectivity index (χ3n) is 5.15. The number of benzene rings is 2. The molecule has 0 unspecified atom stereocenters. The Kier molecular flexibility index (Phi) is 5.33. The summed E-state index contributed by atoms with van der Waals surface area (Å²) in [5, 5.41) is 8.87. The fourth-order valence-corrected chi connectivity index (χ4v) is 3.74. The minimum absolute atomic E-state index is 0.0132. The number of fused-ring (bicyclic) bond motifs is 1. The molecule has 0 spiro atoms. The van der Waals surface area contributed by atoms with E-state index in [1.807, 2.05) is 41.1 Å². The van der Waals surface area contributed by atoms with E-state index in [4.69, 9.17) is 5.10 Å². The van der Waals surface area contributed by atoms with Gasteiger partial charge in [0.2, 0.25) is 5.91 Å². The summed E-state index contributed by atoms with van der Waals surface area (Å²) < 4.78 is 1.81. The van der Waals surface area contributed by atoms with Gasteiger partial charge in [0.15, 0.2) is 0 Å². The molecule has 4 rings (SSSR count). The van der Waals surface area contributed by atoms with Crippen LogP contribution in [-0.2, 0) is 11.3 Å². The second-order valence-electron chi connectivity index (χ2n) is 7.10. The van der Waals surface area contributed by atoms with Crippen LogP contribution in [0.3, 0.4) is 0 Å². The molecule has 0 fully saturated rings. The highest BCUT2D eigenvalue weighted by Gasteiger charge is 2.14. The number of allylic oxidation sites excluding steroid dienone is 1. The molecule has 0 radical (unpaired) electrons. The van der Waals surface area contributed by atoms with Crippen LogP contribution in [-0.4, -0.2) is 22.2 Å². The van der Waals surface area contributed by atoms with Crippen LogP contribution in [0.15, 0.2) is 66.2 Å². The smallest absolute Gasteiger partial charge is 0.241 e. The number of carbonyl (C=O) groups is 1. The maximum absolute atomic E-state index is 12.5. The topological polar surface area (TPSA) is 46.9 Å². The van der Waals surface area contributed by atoms with Crippen molar-refractivity contribution in [1.29, 1.82) is 0 Å². The number of rotatable bonds is 6. The van der Waals surface area contributed by atoms with Gasteiger partial charge < -0.3 is 5.32 Å². The van der Waals surface area contributed by atoms with Crippen molar-refractivity contribution in [2.45, 2.75) is 38.6 Å². The summed E-state index contributed by atoms with van der Waals surface area (Å²) in [6.07, 6.45) is 8.24. The highest BCUT2D eigenvalue weighted by atomic mass is 16.2. The first-order valence-electron chi connectivity index (χ1n) is 9.77. The molecule has 1 heterocycles. The molecule has 3 aromatic rings. The number of hydrogen-bond acceptors (Lipinski definition) is 2. The average Bonchev–Trinajstić information content (AvgIpc) is 3.08. The molecule has 4 nitrogen and oxygen atoms in total. The minimum Gasteiger partial charge on any atom is -0.354 e. The van der Waals surface area contributed by atoms with Crippen LogP contribution < -0.4 is 5.32 Å². The summed E-state index contributed by atoms with van der Waals surface area (Å²) >= 11 is 0. The summed E-state index contributed by atoms with van der Waals surface area (Å²) in [5.41, 5.74) is 4.46. The van der Waals surface area contributed by atoms with Gasteiger partial charge >= 0.3 is 0 Å². The Labute approximate surface area is 159 Å². The molecule has 2 aromatic carbocycles. The first-order valence-corrected chi connectivity index (χ1v) is 9.77. The molecule has 27 heavy (non-hydrogen) atoms. The lowest BCUT2D eigenvalue weighted by molar-refractivity contribution is -0.121. The summed E-state index contributed by atoms with van der Waals surface area (Å²) in [7, 11) is 0. The fraction of sp³-hybridized carbons (Fsp3) is 0.304. The third-order valence-corrected chi connectivity index (χ3v) is 5.15. The van der Waals surface area contributed by atoms with Crippen LogP contribution >= 0.6 is 0 Å². The van der Waals surface area contributed by atoms with Crippen LogP contribution in [0, 0.1) is 0 Å². The van der Waals surface area contributed by atoms with Gasteiger partial charge in [-0.3, -0.25) is 9.48 Å². The number of carbonyl (C=O) groups excluding carboxylic acids is 1. The lowest BCUT2D eigenvalue weighted by Crippen LogP contribution is -2.29. The first kappa shape index (κ1) is 17.5. The van der Waals surface area contributed by atoms with Gasteiger partial charge in [0.05, 0.1) is 5.52 Å². The van der Waals surface area contributed by atoms with Gasteiger partial charge in [0.25, 0.3) is 0 Å². The predicted octanol–water partition coefficient (Wildman–Crippen LogP) is 4.71. The zero-order valence-corrected chi connectivity index (χ0v) is 15.5. The van der Waals surface area contributed by atoms with Gasteiger partial charge in [0, 0.05) is 17.5 Å². The zero-order chi connectivity index (χ0) is 18.5. The molecule has 0 saturated heterocycles. The largest absolute Gasteiger partial charge is 0.354 e. The highest BCUT2D eigenvalue weighted by Crippen LogP contribution is 2.27. The van der Waals surface area contributed by atoms with Gasteiger partial charge in [-0.25, -0.2) is 0 Å². The zero-order valence-electron chi connectivity index (χ0n) is 15.5. The third kappa shape index (κ3) is 4.11. The van der Waals surface area contributed by atoms with E-state index in [9.17, 15) is 4.79 Å². The van der Waals surface area contributed by atoms with E-state index in [1.165, 1.54) is 31.3 Å². The first-order chi connectivity index (χ1) is 13.3. The molecule has 1 aliphatic rings. The quantitative estimate of drug-likeness (QED) is 0.648. The molecular formula is C23H25N3O. The Balaban J connectivity index is 1.47. The Bertz CT molecular complexity index is 956. The maximum Gasteiger partial charge on any atom is 0.241 e. The minimum atomic E-state index is 0.0132. The molecule has 0 atom stereocenters. The lowest BCUT2D eigenvalue weighted by Gasteiger charge is -2.13. The Morgan fingerprint density at radius 2 is 1.85 bits per heavy atom. The second kappa shape index (κ2) is 8.21. The van der Waals surface area contributed by atoms with E-state index < -0.39 is 0 Å². The molecule has 1 aromatic heterocycles. The van der Waals surface area contributed by atoms with E-state index in [-0.39, 0.29) is 12.5 Å². The molecular weight excluding hydrogens is 334 g/mol. The number of para-hydroxylation sites is 1. The van der Waals surface area contributed by atoms with Gasteiger partial charge in [-0.2, -0.15) is 5.10 Å². The molecule has 1 amide bonds. The SMILES string of the molecule is O=C(Cn1nc(-c2ccccc2)c2ccccc21)NCCC1=CCCCC1. The van der Waals surface area contributed by atoms with E-state index in [0.717, 1.165) is 28.6 Å². The summed E-state index contributed by atoms with van der Waals surface area (Å²) in [4.78, 5) is 12.5. The maximum atomic E-state index is 12.5. The fourth-order valence-electron chi connectivity index (χ4n) is 3.74. The van der Waals surface area contributed by atoms with Gasteiger partial charge in [-0.05, 0) is 38.2 Å². The number of amides is 1. The summed E-state index contributed by atoms with van der Waals surface area (Å²) in [6.45, 7) is 0.946. The molecule has 0 bridgehead atoms. The van der Waals surface area contributed by atoms with Gasteiger partial charge in [0.1, 0.15) is 12.2 Å². The van der Waals surface area contributed by atoms with Crippen molar-refractivity contribution < 1.29 is 4.79 Å². The van der Waals surface area contributed by atoms with Crippen LogP contribution in [0.1, 0.15) is 32.1 Å². The van der Waals surface area contributed by atoms with Crippen LogP contribution in [0.4, 0.5) is 0 Å². The van der Waals surface area contributed by atoms with Crippen molar-refractivity contribution in [2.24, 2.45) is 0 Å². The Morgan fingerprint density at radius 3 is 2.67 bits per heavy atom. The van der Waals surface area contributed by atoms with Gasteiger partial charge in [-0.1, -0.05) is 60.2 Å². The summed E-state index contributed by atoms with van der Waals surface area (Å²) in [5.74, 6) is 0.0132. The standard InChI is InChI=1S/C23H25N3O/c27-22(24-16-15-18-9-3-1-4-10-18)17-26-21-14-8-7-13-20(21)23(25-26)19-11-5-2-6-12-19/h2,5-9,11-14H,1,3-4,10,15-17H2,(H,24,27). The van der Waals surface area contributed by atoms with E-state index in [1.54, 1.807) is 0 Å². The van der Waals surface area contributed by atoms with Gasteiger partial charge in [-0.15, -0.1) is 0 Å². The Morgan fingerprint density at radius 1 is 1.04 bits per heavy atom. The van der Waals surface area contributed by atoms with Crippen LogP contribution in [0.5, 0.6) is 0 Å². The number of nitrogens with one attached hydrogen (secondary N) is 1. The van der Waals surface area contributed by atoms with Crippen LogP contribution in [0.25, 0.3) is 22.2 Å². The molecule has 4 heteroatoms. The van der Waals surface area contributed by atoms with E-state index in [0.29, 0.717) is 6.54 Å². The van der Waals surface area contributed by atoms with Crippen molar-refractivity contribution in [3.05, 3.63) is 66.2 Å². The van der Waals surface area contributed by atoms with Crippen molar-refractivity contribution in [1.82, 2.24) is 15.1 Å². The highest BCUT2D eigenvalue weighted by molar-refractivity contribution is 5.94. The summed E-state index contributed by atoms with van der Waals surface area (Å²) in [6, 6.07) is 18.2. The molecule has 0 saturated carbocycles. The molecule has 1 aliphatic carbocycles. The van der Waals surface area contributed by atoms with Crippen molar-refractivity contribution in [3.63, 3.8) is 0 Å². The predicted molar refractivity (Wildman–Crippen MR) is 109 cm³/mol.